The summed E-state index contributed by atoms with van der Waals surface area (Å²) in [5.41, 5.74) is 2.39. The van der Waals surface area contributed by atoms with Crippen molar-refractivity contribution >= 4 is 68.0 Å². The molecule has 0 unspecified atom stereocenters. The molecule has 0 atom stereocenters. The van der Waals surface area contributed by atoms with Gasteiger partial charge in [0.05, 0.1) is 26.7 Å². The third-order valence-corrected chi connectivity index (χ3v) is 5.48. The maximum atomic E-state index is 9.33. The van der Waals surface area contributed by atoms with E-state index >= 15 is 0 Å². The minimum atomic E-state index is 0.440. The number of fused-ring (bicyclic) bond motifs is 1. The summed E-state index contributed by atoms with van der Waals surface area (Å²) >= 11 is 15.1. The Labute approximate surface area is 158 Å². The van der Waals surface area contributed by atoms with Crippen LogP contribution < -0.4 is 5.32 Å². The van der Waals surface area contributed by atoms with Gasteiger partial charge in [-0.2, -0.15) is 5.26 Å². The number of rotatable bonds is 3. The van der Waals surface area contributed by atoms with Crippen molar-refractivity contribution < 1.29 is 0 Å². The lowest BCUT2D eigenvalue weighted by atomic mass is 10.2. The first-order valence-electron chi connectivity index (χ1n) is 7.08. The van der Waals surface area contributed by atoms with Crippen LogP contribution in [0, 0.1) is 11.3 Å². The number of anilines is 2. The number of nitrogens with zero attached hydrogens (tertiary/aromatic N) is 3. The summed E-state index contributed by atoms with van der Waals surface area (Å²) in [7, 11) is 0. The Morgan fingerprint density at radius 1 is 1.29 bits per heavy atom. The van der Waals surface area contributed by atoms with Crippen molar-refractivity contribution in [1.82, 2.24) is 9.97 Å². The highest BCUT2D eigenvalue weighted by Crippen LogP contribution is 2.37. The molecular weight excluding hydrogens is 383 g/mol. The third kappa shape index (κ3) is 3.93. The summed E-state index contributed by atoms with van der Waals surface area (Å²) in [4.78, 5) is 8.64. The van der Waals surface area contributed by atoms with Crippen LogP contribution in [-0.4, -0.2) is 16.2 Å². The number of aromatic nitrogens is 2. The predicted molar refractivity (Wildman–Crippen MR) is 105 cm³/mol. The van der Waals surface area contributed by atoms with Crippen molar-refractivity contribution in [3.63, 3.8) is 0 Å². The topological polar surface area (TPSA) is 61.6 Å². The highest BCUT2D eigenvalue weighted by atomic mass is 35.5. The Morgan fingerprint density at radius 2 is 2.04 bits per heavy atom. The molecule has 124 valence electrons. The maximum absolute atomic E-state index is 9.33. The second-order valence-electron chi connectivity index (χ2n) is 4.24. The van der Waals surface area contributed by atoms with Gasteiger partial charge in [0.2, 0.25) is 0 Å². The van der Waals surface area contributed by atoms with Crippen LogP contribution in [0.15, 0.2) is 28.7 Å². The minimum absolute atomic E-state index is 0.440. The number of pyridine rings is 1. The fraction of sp³-hybridized carbons (Fsp3) is 0.188. The number of thiazole rings is 1. The molecule has 8 heteroatoms. The lowest BCUT2D eigenvalue weighted by Gasteiger charge is -2.10. The lowest BCUT2D eigenvalue weighted by molar-refractivity contribution is 1.23. The summed E-state index contributed by atoms with van der Waals surface area (Å²) in [6, 6.07) is 7.30. The SMILES string of the molecule is CC.CSc1nc2ncc(C#N)c(Nc3ccc(Cl)cc3Cl)c2s1. The van der Waals surface area contributed by atoms with Gasteiger partial charge in [-0.1, -0.05) is 48.8 Å². The second-order valence-corrected chi connectivity index (χ2v) is 7.14. The molecule has 0 bridgehead atoms. The zero-order valence-electron chi connectivity index (χ0n) is 13.2. The molecule has 0 aliphatic heterocycles. The number of nitriles is 1. The number of hydrogen-bond donors (Lipinski definition) is 1. The zero-order valence-corrected chi connectivity index (χ0v) is 16.4. The average Bonchev–Trinajstić information content (AvgIpc) is 3.03. The Balaban J connectivity index is 0.00000100. The number of hydrogen-bond acceptors (Lipinski definition) is 6. The van der Waals surface area contributed by atoms with E-state index in [1.54, 1.807) is 30.0 Å². The van der Waals surface area contributed by atoms with E-state index in [-0.39, 0.29) is 0 Å². The summed E-state index contributed by atoms with van der Waals surface area (Å²) in [5, 5.41) is 13.6. The van der Waals surface area contributed by atoms with Gasteiger partial charge in [-0.05, 0) is 24.5 Å². The van der Waals surface area contributed by atoms with E-state index in [0.717, 1.165) is 9.04 Å². The number of nitrogens with one attached hydrogen (secondary N) is 1. The molecule has 0 saturated carbocycles. The van der Waals surface area contributed by atoms with E-state index < -0.39 is 0 Å². The van der Waals surface area contributed by atoms with Crippen molar-refractivity contribution in [2.45, 2.75) is 18.2 Å². The highest BCUT2D eigenvalue weighted by Gasteiger charge is 2.15. The maximum Gasteiger partial charge on any atom is 0.173 e. The minimum Gasteiger partial charge on any atom is -0.352 e. The van der Waals surface area contributed by atoms with Crippen molar-refractivity contribution in [2.24, 2.45) is 0 Å². The van der Waals surface area contributed by atoms with Crippen molar-refractivity contribution in [1.29, 1.82) is 5.26 Å². The van der Waals surface area contributed by atoms with Crippen LogP contribution in [0.25, 0.3) is 10.3 Å². The van der Waals surface area contributed by atoms with E-state index in [2.05, 4.69) is 21.4 Å². The van der Waals surface area contributed by atoms with Gasteiger partial charge < -0.3 is 5.32 Å². The third-order valence-electron chi connectivity index (χ3n) is 2.89. The van der Waals surface area contributed by atoms with Crippen LogP contribution in [0.2, 0.25) is 10.0 Å². The first-order valence-corrected chi connectivity index (χ1v) is 9.88. The van der Waals surface area contributed by atoms with Crippen LogP contribution >= 0.6 is 46.3 Å². The molecule has 0 fully saturated rings. The molecule has 1 N–H and O–H groups in total. The second kappa shape index (κ2) is 8.54. The Morgan fingerprint density at radius 3 is 2.67 bits per heavy atom. The molecule has 1 aromatic carbocycles. The van der Waals surface area contributed by atoms with E-state index in [4.69, 9.17) is 23.2 Å². The van der Waals surface area contributed by atoms with Gasteiger partial charge >= 0.3 is 0 Å². The van der Waals surface area contributed by atoms with Crippen molar-refractivity contribution in [3.05, 3.63) is 40.0 Å². The molecule has 24 heavy (non-hydrogen) atoms. The van der Waals surface area contributed by atoms with Gasteiger partial charge in [-0.15, -0.1) is 11.3 Å². The van der Waals surface area contributed by atoms with Crippen LogP contribution in [0.4, 0.5) is 11.4 Å². The van der Waals surface area contributed by atoms with Crippen molar-refractivity contribution in [2.75, 3.05) is 11.6 Å². The highest BCUT2D eigenvalue weighted by molar-refractivity contribution is 8.00. The Hall–Kier alpha value is -1.52. The molecule has 0 radical (unpaired) electrons. The van der Waals surface area contributed by atoms with Gasteiger partial charge in [0.1, 0.15) is 6.07 Å². The van der Waals surface area contributed by atoms with Gasteiger partial charge in [-0.3, -0.25) is 0 Å². The summed E-state index contributed by atoms with van der Waals surface area (Å²) in [6.45, 7) is 4.00. The molecule has 4 nitrogen and oxygen atoms in total. The van der Waals surface area contributed by atoms with Crippen molar-refractivity contribution in [3.8, 4) is 6.07 Å². The Kier molecular flexibility index (Phi) is 6.69. The predicted octanol–water partition coefficient (Wildman–Crippen LogP) is 6.36. The fourth-order valence-corrected chi connectivity index (χ4v) is 3.85. The molecule has 0 spiro atoms. The average molecular weight is 397 g/mol. The van der Waals surface area contributed by atoms with Crippen LogP contribution in [0.1, 0.15) is 19.4 Å². The monoisotopic (exact) mass is 396 g/mol. The molecule has 2 aromatic heterocycles. The first-order chi connectivity index (χ1) is 11.6. The lowest BCUT2D eigenvalue weighted by Crippen LogP contribution is -1.96. The molecular formula is C16H14Cl2N4S2. The zero-order chi connectivity index (χ0) is 17.7. The van der Waals surface area contributed by atoms with Gasteiger partial charge in [0.25, 0.3) is 0 Å². The molecule has 0 aliphatic carbocycles. The summed E-state index contributed by atoms with van der Waals surface area (Å²) in [6.07, 6.45) is 3.46. The van der Waals surface area contributed by atoms with Gasteiger partial charge in [-0.25, -0.2) is 9.97 Å². The largest absolute Gasteiger partial charge is 0.352 e. The number of halogens is 2. The summed E-state index contributed by atoms with van der Waals surface area (Å²) in [5.74, 6) is 0. The smallest absolute Gasteiger partial charge is 0.173 e. The molecule has 0 saturated heterocycles. The molecule has 0 aliphatic rings. The quantitative estimate of drug-likeness (QED) is 0.521. The molecule has 2 heterocycles. The van der Waals surface area contributed by atoms with E-state index in [1.807, 2.05) is 20.1 Å². The fourth-order valence-electron chi connectivity index (χ4n) is 1.88. The standard InChI is InChI=1S/C14H8Cl2N4S2.C2H6/c1-21-14-20-13-12(22-14)11(7(5-17)6-18-13)19-10-3-2-8(15)4-9(10)16;1-2/h2-4,6H,1H3,(H,18,19);1-2H3. The van der Waals surface area contributed by atoms with E-state index in [0.29, 0.717) is 32.6 Å². The number of benzene rings is 1. The first kappa shape index (κ1) is 18.8. The van der Waals surface area contributed by atoms with Crippen LogP contribution in [-0.2, 0) is 0 Å². The normalized spacial score (nSPS) is 10.0. The van der Waals surface area contributed by atoms with Crippen LogP contribution in [0.5, 0.6) is 0 Å². The van der Waals surface area contributed by atoms with E-state index in [9.17, 15) is 5.26 Å². The molecule has 0 amide bonds. The van der Waals surface area contributed by atoms with E-state index in [1.165, 1.54) is 17.5 Å². The Bertz CT molecular complexity index is 903. The molecule has 3 rings (SSSR count). The summed E-state index contributed by atoms with van der Waals surface area (Å²) < 4.78 is 1.72. The van der Waals surface area contributed by atoms with Gasteiger partial charge in [0, 0.05) is 11.2 Å². The number of thioether (sulfide) groups is 1. The van der Waals surface area contributed by atoms with Gasteiger partial charge in [0.15, 0.2) is 9.99 Å². The van der Waals surface area contributed by atoms with Crippen LogP contribution in [0.3, 0.4) is 0 Å². The molecule has 3 aromatic rings.